The lowest BCUT2D eigenvalue weighted by atomic mass is 10.00. The fraction of sp³-hybridized carbons (Fsp3) is 0.440. The lowest BCUT2D eigenvalue weighted by Gasteiger charge is -2.30. The maximum absolute atomic E-state index is 13.2. The molecule has 2 heterocycles. The molecule has 8 heteroatoms. The third-order valence-electron chi connectivity index (χ3n) is 5.84. The van der Waals surface area contributed by atoms with Gasteiger partial charge in [-0.25, -0.2) is 8.42 Å². The lowest BCUT2D eigenvalue weighted by molar-refractivity contribution is 0.242. The Bertz CT molecular complexity index is 1170. The minimum Gasteiger partial charge on any atom is -0.491 e. The number of aromatic nitrogens is 2. The molecule has 1 fully saturated rings. The largest absolute Gasteiger partial charge is 0.491 e. The maximum atomic E-state index is 13.2. The Morgan fingerprint density at radius 1 is 1.03 bits per heavy atom. The fourth-order valence-electron chi connectivity index (χ4n) is 4.01. The first kappa shape index (κ1) is 23.4. The lowest BCUT2D eigenvalue weighted by Crippen LogP contribution is -2.39. The summed E-state index contributed by atoms with van der Waals surface area (Å²) in [5, 5.41) is 4.13. The molecule has 1 atom stereocenters. The highest BCUT2D eigenvalue weighted by atomic mass is 32.2. The average molecular weight is 470 g/mol. The Morgan fingerprint density at radius 3 is 2.36 bits per heavy atom. The van der Waals surface area contributed by atoms with E-state index in [1.165, 1.54) is 4.31 Å². The van der Waals surface area contributed by atoms with Crippen molar-refractivity contribution in [3.8, 4) is 17.1 Å². The van der Waals surface area contributed by atoms with Gasteiger partial charge in [0.15, 0.2) is 0 Å². The standard InChI is InChI=1S/C25H31N3O4S/c1-17(2)19-9-13-23(14-10-19)33(29,30)28-15-5-6-21(16-28)25-26-24(27-32-25)20-7-11-22(12-8-20)31-18(3)4/h7-14,17-18,21H,5-6,15-16H2,1-4H3/t21-/m0/s1. The number of hydrogen-bond acceptors (Lipinski definition) is 6. The van der Waals surface area contributed by atoms with Crippen LogP contribution in [0.15, 0.2) is 57.9 Å². The topological polar surface area (TPSA) is 85.5 Å². The first-order chi connectivity index (χ1) is 15.7. The predicted octanol–water partition coefficient (Wildman–Crippen LogP) is 5.22. The first-order valence-electron chi connectivity index (χ1n) is 11.4. The molecule has 176 valence electrons. The van der Waals surface area contributed by atoms with Crippen molar-refractivity contribution in [2.75, 3.05) is 13.1 Å². The monoisotopic (exact) mass is 469 g/mol. The van der Waals surface area contributed by atoms with Gasteiger partial charge in [0, 0.05) is 18.7 Å². The summed E-state index contributed by atoms with van der Waals surface area (Å²) in [5.74, 6) is 1.97. The highest BCUT2D eigenvalue weighted by Gasteiger charge is 2.33. The second kappa shape index (κ2) is 9.65. The van der Waals surface area contributed by atoms with Crippen molar-refractivity contribution in [3.05, 3.63) is 60.0 Å². The number of rotatable bonds is 7. The van der Waals surface area contributed by atoms with Crippen LogP contribution >= 0.6 is 0 Å². The molecule has 33 heavy (non-hydrogen) atoms. The highest BCUT2D eigenvalue weighted by molar-refractivity contribution is 7.89. The molecule has 7 nitrogen and oxygen atoms in total. The average Bonchev–Trinajstić information content (AvgIpc) is 3.30. The zero-order valence-corrected chi connectivity index (χ0v) is 20.4. The van der Waals surface area contributed by atoms with Crippen molar-refractivity contribution in [3.63, 3.8) is 0 Å². The summed E-state index contributed by atoms with van der Waals surface area (Å²) in [6.45, 7) is 8.96. The number of nitrogens with zero attached hydrogens (tertiary/aromatic N) is 3. The summed E-state index contributed by atoms with van der Waals surface area (Å²) in [7, 11) is -3.58. The molecule has 0 radical (unpaired) electrons. The summed E-state index contributed by atoms with van der Waals surface area (Å²) in [4.78, 5) is 4.90. The van der Waals surface area contributed by atoms with Gasteiger partial charge in [0.05, 0.1) is 16.9 Å². The summed E-state index contributed by atoms with van der Waals surface area (Å²) < 4.78 is 39.2. The van der Waals surface area contributed by atoms with Gasteiger partial charge in [0.25, 0.3) is 0 Å². The van der Waals surface area contributed by atoms with Crippen molar-refractivity contribution in [1.82, 2.24) is 14.4 Å². The molecule has 0 amide bonds. The van der Waals surface area contributed by atoms with E-state index in [2.05, 4.69) is 24.0 Å². The van der Waals surface area contributed by atoms with Crippen molar-refractivity contribution in [2.45, 2.75) is 63.4 Å². The second-order valence-corrected chi connectivity index (χ2v) is 11.0. The molecule has 0 N–H and O–H groups in total. The van der Waals surface area contributed by atoms with Gasteiger partial charge in [-0.1, -0.05) is 31.1 Å². The molecule has 1 aliphatic rings. The van der Waals surface area contributed by atoms with Crippen molar-refractivity contribution in [1.29, 1.82) is 0 Å². The third-order valence-corrected chi connectivity index (χ3v) is 7.72. The molecule has 0 bridgehead atoms. The number of sulfonamides is 1. The van der Waals surface area contributed by atoms with Gasteiger partial charge in [0.1, 0.15) is 5.75 Å². The Morgan fingerprint density at radius 2 is 1.73 bits per heavy atom. The SMILES string of the molecule is CC(C)Oc1ccc(-c2noc([C@H]3CCCN(S(=O)(=O)c4ccc(C(C)C)cc4)C3)n2)cc1. The number of hydrogen-bond donors (Lipinski definition) is 0. The van der Waals surface area contributed by atoms with E-state index in [0.717, 1.165) is 29.7 Å². The van der Waals surface area contributed by atoms with Gasteiger partial charge in [-0.05, 0) is 74.6 Å². The van der Waals surface area contributed by atoms with Gasteiger partial charge in [-0.15, -0.1) is 0 Å². The van der Waals surface area contributed by atoms with Gasteiger partial charge in [0.2, 0.25) is 21.7 Å². The van der Waals surface area contributed by atoms with E-state index in [4.69, 9.17) is 9.26 Å². The quantitative estimate of drug-likeness (QED) is 0.472. The van der Waals surface area contributed by atoms with Crippen LogP contribution in [0.25, 0.3) is 11.4 Å². The Kier molecular flexibility index (Phi) is 6.86. The van der Waals surface area contributed by atoms with Gasteiger partial charge in [-0.3, -0.25) is 0 Å². The van der Waals surface area contributed by atoms with Crippen molar-refractivity contribution < 1.29 is 17.7 Å². The Hall–Kier alpha value is -2.71. The van der Waals surface area contributed by atoms with Gasteiger partial charge in [-0.2, -0.15) is 9.29 Å². The minimum absolute atomic E-state index is 0.103. The van der Waals surface area contributed by atoms with E-state index in [-0.39, 0.29) is 12.0 Å². The molecular weight excluding hydrogens is 438 g/mol. The van der Waals surface area contributed by atoms with E-state index >= 15 is 0 Å². The smallest absolute Gasteiger partial charge is 0.243 e. The van der Waals surface area contributed by atoms with Crippen LogP contribution in [0.3, 0.4) is 0 Å². The molecule has 1 aromatic heterocycles. The number of piperidine rings is 1. The number of benzene rings is 2. The molecule has 1 saturated heterocycles. The van der Waals surface area contributed by atoms with Gasteiger partial charge >= 0.3 is 0 Å². The molecule has 0 spiro atoms. The zero-order valence-electron chi connectivity index (χ0n) is 19.6. The van der Waals surface area contributed by atoms with Crippen LogP contribution in [0.5, 0.6) is 5.75 Å². The summed E-state index contributed by atoms with van der Waals surface area (Å²) in [5.41, 5.74) is 1.94. The molecule has 0 saturated carbocycles. The van der Waals surface area contributed by atoms with Crippen LogP contribution < -0.4 is 4.74 Å². The van der Waals surface area contributed by atoms with Crippen LogP contribution in [-0.2, 0) is 10.0 Å². The van der Waals surface area contributed by atoms with Crippen LogP contribution in [0, 0.1) is 0 Å². The second-order valence-electron chi connectivity index (χ2n) is 9.07. The third kappa shape index (κ3) is 5.28. The van der Waals surface area contributed by atoms with E-state index in [9.17, 15) is 8.42 Å². The number of ether oxygens (including phenoxy) is 1. The Balaban J connectivity index is 1.48. The molecule has 0 aliphatic carbocycles. The highest BCUT2D eigenvalue weighted by Crippen LogP contribution is 2.31. The minimum atomic E-state index is -3.58. The van der Waals surface area contributed by atoms with Gasteiger partial charge < -0.3 is 9.26 Å². The van der Waals surface area contributed by atoms with E-state index in [0.29, 0.717) is 35.6 Å². The molecular formula is C25H31N3O4S. The van der Waals surface area contributed by atoms with E-state index < -0.39 is 10.0 Å². The van der Waals surface area contributed by atoms with Crippen LogP contribution in [0.2, 0.25) is 0 Å². The molecule has 3 aromatic rings. The Labute approximate surface area is 195 Å². The summed E-state index contributed by atoms with van der Waals surface area (Å²) in [6.07, 6.45) is 1.65. The molecule has 4 rings (SSSR count). The van der Waals surface area contributed by atoms with Crippen LogP contribution in [0.4, 0.5) is 0 Å². The van der Waals surface area contributed by atoms with Crippen molar-refractivity contribution >= 4 is 10.0 Å². The van der Waals surface area contributed by atoms with E-state index in [1.54, 1.807) is 12.1 Å². The molecule has 2 aromatic carbocycles. The summed E-state index contributed by atoms with van der Waals surface area (Å²) >= 11 is 0. The zero-order chi connectivity index (χ0) is 23.6. The van der Waals surface area contributed by atoms with E-state index in [1.807, 2.05) is 50.2 Å². The maximum Gasteiger partial charge on any atom is 0.243 e. The van der Waals surface area contributed by atoms with Crippen LogP contribution in [-0.4, -0.2) is 42.1 Å². The van der Waals surface area contributed by atoms with Crippen molar-refractivity contribution in [2.24, 2.45) is 0 Å². The first-order valence-corrected chi connectivity index (χ1v) is 12.9. The normalized spacial score (nSPS) is 17.6. The van der Waals surface area contributed by atoms with Crippen LogP contribution in [0.1, 0.15) is 63.8 Å². The molecule has 0 unspecified atom stereocenters. The fourth-order valence-corrected chi connectivity index (χ4v) is 5.53. The summed E-state index contributed by atoms with van der Waals surface area (Å²) in [6, 6.07) is 14.7. The molecule has 1 aliphatic heterocycles. The predicted molar refractivity (Wildman–Crippen MR) is 127 cm³/mol.